The number of piperidine rings is 1. The number of carbonyl (C=O) groups is 1. The Balaban J connectivity index is 1.58. The standard InChI is InChI=1S/C20H31N3O3S/c1-17-7-6-14-23(15-17)27(25,26)19-10-8-18(9-11-19)21-20(24)16-22-12-4-2-3-5-13-22/h8-11,17H,2-7,12-16H2,1H3,(H,21,24)/t17-/m1/s1. The molecular weight excluding hydrogens is 362 g/mol. The van der Waals surface area contributed by atoms with Gasteiger partial charge in [-0.3, -0.25) is 9.69 Å². The van der Waals surface area contributed by atoms with Gasteiger partial charge in [0, 0.05) is 18.8 Å². The van der Waals surface area contributed by atoms with E-state index in [2.05, 4.69) is 17.1 Å². The first-order chi connectivity index (χ1) is 12.9. The number of hydrogen-bond donors (Lipinski definition) is 1. The first kappa shape index (κ1) is 20.3. The first-order valence-electron chi connectivity index (χ1n) is 10.1. The average Bonchev–Trinajstić information content (AvgIpc) is 2.91. The van der Waals surface area contributed by atoms with Crippen LogP contribution in [0.25, 0.3) is 0 Å². The molecule has 6 nitrogen and oxygen atoms in total. The molecule has 0 unspecified atom stereocenters. The molecule has 1 N–H and O–H groups in total. The molecule has 0 radical (unpaired) electrons. The van der Waals surface area contributed by atoms with Crippen LogP contribution in [0.15, 0.2) is 29.2 Å². The summed E-state index contributed by atoms with van der Waals surface area (Å²) in [6.45, 7) is 5.59. The second-order valence-corrected chi connectivity index (χ2v) is 9.81. The Morgan fingerprint density at radius 2 is 1.70 bits per heavy atom. The minimum absolute atomic E-state index is 0.0441. The van der Waals surface area contributed by atoms with Gasteiger partial charge in [-0.15, -0.1) is 0 Å². The van der Waals surface area contributed by atoms with Gasteiger partial charge in [-0.05, 0) is 69.0 Å². The minimum Gasteiger partial charge on any atom is -0.325 e. The van der Waals surface area contributed by atoms with Crippen molar-refractivity contribution >= 4 is 21.6 Å². The second-order valence-electron chi connectivity index (χ2n) is 7.87. The third-order valence-electron chi connectivity index (χ3n) is 5.46. The van der Waals surface area contributed by atoms with Gasteiger partial charge in [-0.1, -0.05) is 19.8 Å². The highest BCUT2D eigenvalue weighted by Crippen LogP contribution is 2.24. The van der Waals surface area contributed by atoms with Crippen molar-refractivity contribution in [1.82, 2.24) is 9.21 Å². The van der Waals surface area contributed by atoms with Gasteiger partial charge in [0.25, 0.3) is 0 Å². The number of rotatable bonds is 5. The molecule has 0 aromatic heterocycles. The van der Waals surface area contributed by atoms with E-state index in [9.17, 15) is 13.2 Å². The van der Waals surface area contributed by atoms with Gasteiger partial charge >= 0.3 is 0 Å². The fourth-order valence-electron chi connectivity index (χ4n) is 3.92. The van der Waals surface area contributed by atoms with Crippen LogP contribution in [0.4, 0.5) is 5.69 Å². The number of anilines is 1. The summed E-state index contributed by atoms with van der Waals surface area (Å²) in [6, 6.07) is 6.55. The molecule has 1 amide bonds. The van der Waals surface area contributed by atoms with Crippen LogP contribution in [-0.2, 0) is 14.8 Å². The Kier molecular flexibility index (Phi) is 6.89. The highest BCUT2D eigenvalue weighted by molar-refractivity contribution is 7.89. The van der Waals surface area contributed by atoms with Crippen LogP contribution in [-0.4, -0.2) is 56.3 Å². The fourth-order valence-corrected chi connectivity index (χ4v) is 5.52. The van der Waals surface area contributed by atoms with Gasteiger partial charge in [-0.2, -0.15) is 4.31 Å². The van der Waals surface area contributed by atoms with Crippen LogP contribution >= 0.6 is 0 Å². The Morgan fingerprint density at radius 3 is 2.33 bits per heavy atom. The predicted molar refractivity (Wildman–Crippen MR) is 107 cm³/mol. The summed E-state index contributed by atoms with van der Waals surface area (Å²) in [5.41, 5.74) is 0.640. The molecule has 150 valence electrons. The topological polar surface area (TPSA) is 69.7 Å². The van der Waals surface area contributed by atoms with Crippen molar-refractivity contribution in [3.8, 4) is 0 Å². The van der Waals surface area contributed by atoms with Crippen LogP contribution in [0.3, 0.4) is 0 Å². The highest BCUT2D eigenvalue weighted by Gasteiger charge is 2.28. The molecule has 2 aliphatic heterocycles. The summed E-state index contributed by atoms with van der Waals surface area (Å²) in [5, 5.41) is 2.89. The lowest BCUT2D eigenvalue weighted by Gasteiger charge is -2.30. The third-order valence-corrected chi connectivity index (χ3v) is 7.34. The number of benzene rings is 1. The van der Waals surface area contributed by atoms with Crippen molar-refractivity contribution < 1.29 is 13.2 Å². The number of likely N-dealkylation sites (tertiary alicyclic amines) is 1. The van der Waals surface area contributed by atoms with Crippen molar-refractivity contribution in [3.05, 3.63) is 24.3 Å². The van der Waals surface area contributed by atoms with E-state index in [0.717, 1.165) is 38.8 Å². The number of nitrogens with one attached hydrogen (secondary N) is 1. The van der Waals surface area contributed by atoms with Crippen molar-refractivity contribution in [2.24, 2.45) is 5.92 Å². The first-order valence-corrected chi connectivity index (χ1v) is 11.5. The smallest absolute Gasteiger partial charge is 0.243 e. The number of nitrogens with zero attached hydrogens (tertiary/aromatic N) is 2. The Hall–Kier alpha value is -1.44. The van der Waals surface area contributed by atoms with Crippen molar-refractivity contribution in [3.63, 3.8) is 0 Å². The van der Waals surface area contributed by atoms with E-state index in [1.54, 1.807) is 28.6 Å². The molecule has 3 rings (SSSR count). The largest absolute Gasteiger partial charge is 0.325 e. The maximum absolute atomic E-state index is 12.8. The molecular formula is C20H31N3O3S. The molecule has 0 spiro atoms. The molecule has 0 bridgehead atoms. The summed E-state index contributed by atoms with van der Waals surface area (Å²) in [4.78, 5) is 14.8. The lowest BCUT2D eigenvalue weighted by molar-refractivity contribution is -0.117. The minimum atomic E-state index is -3.45. The summed E-state index contributed by atoms with van der Waals surface area (Å²) in [5.74, 6) is 0.350. The number of sulfonamides is 1. The van der Waals surface area contributed by atoms with Crippen LogP contribution in [0, 0.1) is 5.92 Å². The summed E-state index contributed by atoms with van der Waals surface area (Å²) >= 11 is 0. The van der Waals surface area contributed by atoms with E-state index in [4.69, 9.17) is 0 Å². The van der Waals surface area contributed by atoms with Gasteiger partial charge in [0.05, 0.1) is 11.4 Å². The average molecular weight is 394 g/mol. The van der Waals surface area contributed by atoms with Crippen LogP contribution in [0.5, 0.6) is 0 Å². The van der Waals surface area contributed by atoms with Crippen LogP contribution in [0.1, 0.15) is 45.4 Å². The second kappa shape index (κ2) is 9.17. The molecule has 27 heavy (non-hydrogen) atoms. The molecule has 2 saturated heterocycles. The summed E-state index contributed by atoms with van der Waals surface area (Å²) in [6.07, 6.45) is 6.76. The van der Waals surface area contributed by atoms with E-state index >= 15 is 0 Å². The van der Waals surface area contributed by atoms with E-state index < -0.39 is 10.0 Å². The van der Waals surface area contributed by atoms with Crippen molar-refractivity contribution in [2.45, 2.75) is 50.3 Å². The molecule has 0 saturated carbocycles. The molecule has 1 atom stereocenters. The number of hydrogen-bond acceptors (Lipinski definition) is 4. The Labute approximate surface area is 163 Å². The quantitative estimate of drug-likeness (QED) is 0.835. The zero-order valence-electron chi connectivity index (χ0n) is 16.2. The Morgan fingerprint density at radius 1 is 1.04 bits per heavy atom. The van der Waals surface area contributed by atoms with E-state index in [0.29, 0.717) is 36.1 Å². The van der Waals surface area contributed by atoms with Gasteiger partial charge in [0.15, 0.2) is 0 Å². The van der Waals surface area contributed by atoms with Gasteiger partial charge in [0.2, 0.25) is 15.9 Å². The fraction of sp³-hybridized carbons (Fsp3) is 0.650. The monoisotopic (exact) mass is 393 g/mol. The lowest BCUT2D eigenvalue weighted by atomic mass is 10.0. The van der Waals surface area contributed by atoms with Crippen molar-refractivity contribution in [1.29, 1.82) is 0 Å². The molecule has 1 aromatic rings. The van der Waals surface area contributed by atoms with E-state index in [1.165, 1.54) is 12.8 Å². The van der Waals surface area contributed by atoms with E-state index in [-0.39, 0.29) is 5.91 Å². The maximum atomic E-state index is 12.8. The van der Waals surface area contributed by atoms with Gasteiger partial charge in [-0.25, -0.2) is 8.42 Å². The normalized spacial score (nSPS) is 22.9. The maximum Gasteiger partial charge on any atom is 0.243 e. The number of amides is 1. The summed E-state index contributed by atoms with van der Waals surface area (Å²) in [7, 11) is -3.45. The molecule has 7 heteroatoms. The van der Waals surface area contributed by atoms with Gasteiger partial charge < -0.3 is 5.32 Å². The van der Waals surface area contributed by atoms with Crippen molar-refractivity contribution in [2.75, 3.05) is 38.0 Å². The Bertz CT molecular complexity index is 725. The zero-order valence-corrected chi connectivity index (χ0v) is 17.0. The molecule has 2 aliphatic rings. The predicted octanol–water partition coefficient (Wildman–Crippen LogP) is 2.92. The number of carbonyl (C=O) groups excluding carboxylic acids is 1. The molecule has 2 fully saturated rings. The van der Waals surface area contributed by atoms with Gasteiger partial charge in [0.1, 0.15) is 0 Å². The SMILES string of the molecule is C[C@@H]1CCCN(S(=O)(=O)c2ccc(NC(=O)CN3CCCCCC3)cc2)C1. The zero-order chi connectivity index (χ0) is 19.3. The molecule has 0 aliphatic carbocycles. The summed E-state index contributed by atoms with van der Waals surface area (Å²) < 4.78 is 27.2. The van der Waals surface area contributed by atoms with Crippen LogP contribution in [0.2, 0.25) is 0 Å². The van der Waals surface area contributed by atoms with E-state index in [1.807, 2.05) is 0 Å². The van der Waals surface area contributed by atoms with Crippen LogP contribution < -0.4 is 5.32 Å². The lowest BCUT2D eigenvalue weighted by Crippen LogP contribution is -2.39. The highest BCUT2D eigenvalue weighted by atomic mass is 32.2. The third kappa shape index (κ3) is 5.53. The molecule has 2 heterocycles. The molecule has 1 aromatic carbocycles.